The van der Waals surface area contributed by atoms with Crippen molar-refractivity contribution in [3.05, 3.63) is 68.7 Å². The summed E-state index contributed by atoms with van der Waals surface area (Å²) in [5, 5.41) is 9.11. The molecular weight excluding hydrogens is 567 g/mol. The monoisotopic (exact) mass is 608 g/mol. The second kappa shape index (κ2) is 11.5. The number of benzene rings is 2. The predicted molar refractivity (Wildman–Crippen MR) is 174 cm³/mol. The molecule has 4 fully saturated rings. The van der Waals surface area contributed by atoms with Crippen molar-refractivity contribution in [2.45, 2.75) is 78.6 Å². The quantitative estimate of drug-likeness (QED) is 0.256. The fourth-order valence-corrected chi connectivity index (χ4v) is 8.14. The smallest absolute Gasteiger partial charge is 0.261 e. The van der Waals surface area contributed by atoms with E-state index in [9.17, 15) is 4.79 Å². The molecule has 1 aliphatic heterocycles. The third-order valence-electron chi connectivity index (χ3n) is 10.2. The third kappa shape index (κ3) is 5.68. The number of nitrogens with one attached hydrogen (secondary N) is 2. The van der Waals surface area contributed by atoms with Crippen molar-refractivity contribution in [1.29, 1.82) is 0 Å². The van der Waals surface area contributed by atoms with Crippen LogP contribution in [0.3, 0.4) is 0 Å². The van der Waals surface area contributed by atoms with E-state index in [0.717, 1.165) is 48.6 Å². The lowest BCUT2D eigenvalue weighted by molar-refractivity contribution is -0.108. The lowest BCUT2D eigenvalue weighted by Gasteiger charge is -2.61. The van der Waals surface area contributed by atoms with Gasteiger partial charge < -0.3 is 15.5 Å². The van der Waals surface area contributed by atoms with E-state index in [1.807, 2.05) is 30.3 Å². The van der Waals surface area contributed by atoms with Crippen LogP contribution in [0.5, 0.6) is 0 Å². The number of nitrogens with zero attached hydrogens (tertiary/aromatic N) is 4. The summed E-state index contributed by atoms with van der Waals surface area (Å²) in [5.74, 6) is 2.96. The number of aromatic nitrogens is 2. The fourth-order valence-electron chi connectivity index (χ4n) is 7.63. The van der Waals surface area contributed by atoms with E-state index in [1.165, 1.54) is 6.42 Å². The van der Waals surface area contributed by atoms with Gasteiger partial charge in [-0.2, -0.15) is 0 Å². The van der Waals surface area contributed by atoms with Gasteiger partial charge in [-0.1, -0.05) is 50.0 Å². The highest BCUT2D eigenvalue weighted by atomic mass is 35.5. The van der Waals surface area contributed by atoms with Crippen LogP contribution in [0.2, 0.25) is 10.0 Å². The van der Waals surface area contributed by atoms with Crippen LogP contribution < -0.4 is 16.2 Å². The Bertz CT molecular complexity index is 1560. The van der Waals surface area contributed by atoms with Gasteiger partial charge in [0.25, 0.3) is 5.56 Å². The molecule has 6 atom stereocenters. The normalized spacial score (nSPS) is 28.9. The van der Waals surface area contributed by atoms with E-state index >= 15 is 0 Å². The Balaban J connectivity index is 1.24. The molecule has 9 heteroatoms. The Hall–Kier alpha value is -2.61. The van der Waals surface area contributed by atoms with Gasteiger partial charge in [-0.15, -0.1) is 0 Å². The van der Waals surface area contributed by atoms with E-state index < -0.39 is 0 Å². The number of hydrogen-bond donors (Lipinski definition) is 2. The van der Waals surface area contributed by atoms with Gasteiger partial charge in [0.2, 0.25) is 0 Å². The topological polar surface area (TPSA) is 74.5 Å². The van der Waals surface area contributed by atoms with Gasteiger partial charge in [0.05, 0.1) is 23.3 Å². The summed E-state index contributed by atoms with van der Waals surface area (Å²) in [6.45, 7) is 14.0. The molecule has 2 N–H and O–H groups in total. The third-order valence-corrected chi connectivity index (χ3v) is 10.8. The number of aliphatic imine (C=N–C) groups is 1. The average molecular weight is 610 g/mol. The molecule has 0 unspecified atom stereocenters. The highest BCUT2D eigenvalue weighted by Crippen LogP contribution is 2.61. The van der Waals surface area contributed by atoms with E-state index in [-0.39, 0.29) is 5.56 Å². The molecule has 0 radical (unpaired) electrons. The summed E-state index contributed by atoms with van der Waals surface area (Å²) < 4.78 is 1.65. The van der Waals surface area contributed by atoms with E-state index in [0.29, 0.717) is 63.4 Å². The molecule has 3 saturated carbocycles. The van der Waals surface area contributed by atoms with Gasteiger partial charge >= 0.3 is 0 Å². The molecule has 1 saturated heterocycles. The highest BCUT2D eigenvalue weighted by molar-refractivity contribution is 6.35. The maximum absolute atomic E-state index is 13.3. The van der Waals surface area contributed by atoms with Gasteiger partial charge in [0.1, 0.15) is 0 Å². The Morgan fingerprint density at radius 3 is 2.55 bits per heavy atom. The first-order chi connectivity index (χ1) is 20.0. The molecule has 7 nitrogen and oxygen atoms in total. The van der Waals surface area contributed by atoms with Crippen LogP contribution in [-0.2, 0) is 13.0 Å². The van der Waals surface area contributed by atoms with Crippen LogP contribution in [0.25, 0.3) is 10.9 Å². The van der Waals surface area contributed by atoms with Crippen LogP contribution in [0.4, 0.5) is 5.69 Å². The van der Waals surface area contributed by atoms with Crippen LogP contribution in [0.15, 0.2) is 52.5 Å². The number of aryl methyl sites for hydroxylation is 2. The van der Waals surface area contributed by atoms with Crippen LogP contribution in [-0.4, -0.2) is 51.6 Å². The maximum Gasteiger partial charge on any atom is 0.261 e. The molecule has 2 bridgehead atoms. The minimum absolute atomic E-state index is 0.0619. The SMILES string of the molecule is C[C@@H]1[C@@H](N=C(Nc2ccc3c(=O)n(CCc4ccc(Cl)cc4Cl)cnc3c2)N2C[C@@H](C)N[C@@H](C)C2)C[C@H]2C[C@@H]1C2(C)C. The molecule has 0 spiro atoms. The van der Waals surface area contributed by atoms with Crippen molar-refractivity contribution >= 4 is 45.8 Å². The summed E-state index contributed by atoms with van der Waals surface area (Å²) in [7, 11) is 0. The number of halogens is 2. The van der Waals surface area contributed by atoms with Gasteiger partial charge in [0, 0.05) is 47.5 Å². The molecule has 3 aromatic rings. The molecule has 3 aliphatic carbocycles. The Kier molecular flexibility index (Phi) is 8.05. The van der Waals surface area contributed by atoms with Gasteiger partial charge in [-0.25, -0.2) is 9.98 Å². The van der Waals surface area contributed by atoms with Crippen molar-refractivity contribution in [2.24, 2.45) is 28.2 Å². The fraction of sp³-hybridized carbons (Fsp3) is 0.545. The molecule has 42 heavy (non-hydrogen) atoms. The molecule has 1 aromatic heterocycles. The number of piperazine rings is 1. The highest BCUT2D eigenvalue weighted by Gasteiger charge is 2.56. The van der Waals surface area contributed by atoms with E-state index in [1.54, 1.807) is 17.0 Å². The Morgan fingerprint density at radius 2 is 1.86 bits per heavy atom. The van der Waals surface area contributed by atoms with Crippen molar-refractivity contribution in [3.63, 3.8) is 0 Å². The number of anilines is 1. The lowest BCUT2D eigenvalue weighted by Crippen LogP contribution is -2.59. The molecule has 2 aromatic carbocycles. The Labute approximate surface area is 258 Å². The second-order valence-corrected chi connectivity index (χ2v) is 14.3. The molecule has 224 valence electrons. The van der Waals surface area contributed by atoms with Crippen LogP contribution in [0.1, 0.15) is 53.0 Å². The van der Waals surface area contributed by atoms with Crippen LogP contribution in [0, 0.1) is 23.2 Å². The average Bonchev–Trinajstić information content (AvgIpc) is 2.93. The molecular formula is C33H42Cl2N6O. The summed E-state index contributed by atoms with van der Waals surface area (Å²) in [6.07, 6.45) is 4.73. The summed E-state index contributed by atoms with van der Waals surface area (Å²) in [6, 6.07) is 12.3. The Morgan fingerprint density at radius 1 is 1.10 bits per heavy atom. The van der Waals surface area contributed by atoms with Gasteiger partial charge in [-0.3, -0.25) is 9.36 Å². The number of hydrogen-bond acceptors (Lipinski definition) is 4. The van der Waals surface area contributed by atoms with E-state index in [4.69, 9.17) is 28.2 Å². The summed E-state index contributed by atoms with van der Waals surface area (Å²) in [4.78, 5) is 25.8. The molecule has 2 heterocycles. The first-order valence-corrected chi connectivity index (χ1v) is 16.0. The summed E-state index contributed by atoms with van der Waals surface area (Å²) >= 11 is 12.4. The van der Waals surface area contributed by atoms with Gasteiger partial charge in [-0.05, 0) is 92.2 Å². The minimum atomic E-state index is -0.0619. The maximum atomic E-state index is 13.3. The van der Waals surface area contributed by atoms with E-state index in [2.05, 4.69) is 55.1 Å². The van der Waals surface area contributed by atoms with Crippen molar-refractivity contribution in [2.75, 3.05) is 18.4 Å². The zero-order valence-electron chi connectivity index (χ0n) is 25.2. The predicted octanol–water partition coefficient (Wildman–Crippen LogP) is 6.47. The second-order valence-electron chi connectivity index (χ2n) is 13.4. The largest absolute Gasteiger partial charge is 0.340 e. The number of guanidine groups is 1. The number of fused-ring (bicyclic) bond motifs is 3. The minimum Gasteiger partial charge on any atom is -0.340 e. The van der Waals surface area contributed by atoms with Crippen LogP contribution >= 0.6 is 23.2 Å². The molecule has 4 aliphatic rings. The van der Waals surface area contributed by atoms with Crippen molar-refractivity contribution in [3.8, 4) is 0 Å². The first kappa shape index (κ1) is 29.5. The standard InChI is InChI=1S/C33H42Cl2N6O/c1-19-16-41(17-20(2)37-19)32(39-29-13-23-12-27(21(29)3)33(23,4)5)38-25-8-9-26-30(15-25)36-18-40(31(26)42)11-10-22-6-7-24(34)14-28(22)35/h6-9,14-15,18-21,23,27,29,37H,10-13,16-17H2,1-5H3,(H,38,39)/t19-,20+,21-,23+,27-,29-/m0/s1. The van der Waals surface area contributed by atoms with Gasteiger partial charge in [0.15, 0.2) is 5.96 Å². The first-order valence-electron chi connectivity index (χ1n) is 15.3. The molecule has 7 rings (SSSR count). The molecule has 0 amide bonds. The number of rotatable bonds is 5. The summed E-state index contributed by atoms with van der Waals surface area (Å²) in [5.41, 5.74) is 2.87. The van der Waals surface area contributed by atoms with Crippen molar-refractivity contribution < 1.29 is 0 Å². The zero-order chi connectivity index (χ0) is 29.8. The zero-order valence-corrected chi connectivity index (χ0v) is 26.7. The lowest BCUT2D eigenvalue weighted by atomic mass is 9.45. The van der Waals surface area contributed by atoms with Crippen molar-refractivity contribution in [1.82, 2.24) is 19.8 Å².